The van der Waals surface area contributed by atoms with Gasteiger partial charge in [0, 0.05) is 38.1 Å². The standard InChI is InChI=1S/C60H39NS/c1-3-16-39(17-4-1)45-22-8-7-20-42(45)38-61(43-32-35-57-52(36-43)50-25-11-14-29-56(50)62-57)44-31-34-49-47-23-9-12-27-53(47)60(55(49)37-44)54-28-13-10-24-48(54)51-26-15-21-41-30-33-46(59(60)58(41)51)40-18-5-2-6-19-40/h1-37H,38H2. The summed E-state index contributed by atoms with van der Waals surface area (Å²) >= 11 is 1.87. The van der Waals surface area contributed by atoms with Gasteiger partial charge in [0.1, 0.15) is 0 Å². The first-order chi connectivity index (χ1) is 30.8. The molecule has 2 aliphatic carbocycles. The number of anilines is 2. The van der Waals surface area contributed by atoms with Crippen LogP contribution in [0.25, 0.3) is 75.5 Å². The smallest absolute Gasteiger partial charge is 0.0732 e. The van der Waals surface area contributed by atoms with E-state index in [2.05, 4.69) is 229 Å². The maximum Gasteiger partial charge on any atom is 0.0732 e. The summed E-state index contributed by atoms with van der Waals surface area (Å²) < 4.78 is 2.62. The van der Waals surface area contributed by atoms with Gasteiger partial charge in [0.25, 0.3) is 0 Å². The van der Waals surface area contributed by atoms with E-state index in [0.717, 1.165) is 0 Å². The minimum atomic E-state index is -0.585. The minimum absolute atomic E-state index is 0.585. The third kappa shape index (κ3) is 5.08. The Hall–Kier alpha value is -7.52. The first-order valence-corrected chi connectivity index (χ1v) is 22.4. The number of nitrogens with zero attached hydrogens (tertiary/aromatic N) is 1. The molecule has 1 spiro atoms. The first-order valence-electron chi connectivity index (χ1n) is 21.5. The van der Waals surface area contributed by atoms with Crippen LogP contribution >= 0.6 is 11.3 Å². The lowest BCUT2D eigenvalue weighted by Gasteiger charge is -2.41. The summed E-state index contributed by atoms with van der Waals surface area (Å²) in [5.74, 6) is 0. The number of fused-ring (bicyclic) bond motifs is 12. The predicted octanol–water partition coefficient (Wildman–Crippen LogP) is 16.2. The summed E-state index contributed by atoms with van der Waals surface area (Å²) in [5, 5.41) is 5.21. The average Bonchev–Trinajstić information content (AvgIpc) is 3.86. The molecular formula is C60H39NS. The average molecular weight is 806 g/mol. The number of thiophene rings is 1. The van der Waals surface area contributed by atoms with Crippen LogP contribution < -0.4 is 4.90 Å². The second-order valence-electron chi connectivity index (χ2n) is 16.7. The van der Waals surface area contributed by atoms with Crippen molar-refractivity contribution in [3.05, 3.63) is 252 Å². The highest BCUT2D eigenvalue weighted by atomic mass is 32.1. The third-order valence-corrected chi connectivity index (χ3v) is 14.7. The Morgan fingerprint density at radius 1 is 0.371 bits per heavy atom. The highest BCUT2D eigenvalue weighted by Crippen LogP contribution is 2.64. The molecule has 13 rings (SSSR count). The zero-order valence-corrected chi connectivity index (χ0v) is 34.7. The van der Waals surface area contributed by atoms with E-state index in [9.17, 15) is 0 Å². The Kier molecular flexibility index (Phi) is 7.82. The van der Waals surface area contributed by atoms with Crippen molar-refractivity contribution in [2.24, 2.45) is 0 Å². The molecule has 0 amide bonds. The molecule has 1 heterocycles. The quantitative estimate of drug-likeness (QED) is 0.162. The van der Waals surface area contributed by atoms with Gasteiger partial charge in [-0.2, -0.15) is 0 Å². The van der Waals surface area contributed by atoms with Gasteiger partial charge in [-0.25, -0.2) is 0 Å². The van der Waals surface area contributed by atoms with Gasteiger partial charge >= 0.3 is 0 Å². The number of benzene rings is 10. The van der Waals surface area contributed by atoms with Crippen LogP contribution in [0.3, 0.4) is 0 Å². The third-order valence-electron chi connectivity index (χ3n) is 13.6. The van der Waals surface area contributed by atoms with Crippen molar-refractivity contribution in [1.29, 1.82) is 0 Å². The SMILES string of the molecule is c1ccc(-c2ccccc2CN(c2ccc3c(c2)C2(c4ccccc4-3)c3ccccc3-c3cccc4ccc(-c5ccccc5)c2c34)c2ccc3sc4ccccc4c3c2)cc1. The summed E-state index contributed by atoms with van der Waals surface area (Å²) in [6.45, 7) is 0.696. The lowest BCUT2D eigenvalue weighted by atomic mass is 9.60. The van der Waals surface area contributed by atoms with Crippen LogP contribution in [0, 0.1) is 0 Å². The maximum absolute atomic E-state index is 2.56. The fourth-order valence-electron chi connectivity index (χ4n) is 11.0. The predicted molar refractivity (Wildman–Crippen MR) is 263 cm³/mol. The molecule has 0 aliphatic heterocycles. The Bertz CT molecular complexity index is 3560. The van der Waals surface area contributed by atoms with Crippen molar-refractivity contribution >= 4 is 53.7 Å². The van der Waals surface area contributed by atoms with E-state index in [1.54, 1.807) is 0 Å². The molecule has 0 saturated carbocycles. The van der Waals surface area contributed by atoms with Gasteiger partial charge in [0.15, 0.2) is 0 Å². The van der Waals surface area contributed by atoms with Crippen molar-refractivity contribution in [1.82, 2.24) is 0 Å². The first kappa shape index (κ1) is 35.3. The van der Waals surface area contributed by atoms with Crippen molar-refractivity contribution in [2.75, 3.05) is 4.90 Å². The van der Waals surface area contributed by atoms with Crippen molar-refractivity contribution in [2.45, 2.75) is 12.0 Å². The van der Waals surface area contributed by atoms with Gasteiger partial charge in [-0.05, 0) is 119 Å². The van der Waals surface area contributed by atoms with E-state index in [-0.39, 0.29) is 0 Å². The van der Waals surface area contributed by atoms with E-state index >= 15 is 0 Å². The molecule has 1 nitrogen and oxygen atoms in total. The van der Waals surface area contributed by atoms with E-state index < -0.39 is 5.41 Å². The molecule has 62 heavy (non-hydrogen) atoms. The van der Waals surface area contributed by atoms with E-state index in [1.807, 2.05) is 11.3 Å². The van der Waals surface area contributed by atoms with E-state index in [1.165, 1.54) is 115 Å². The van der Waals surface area contributed by atoms with Crippen LogP contribution in [0.2, 0.25) is 0 Å². The summed E-state index contributed by atoms with van der Waals surface area (Å²) in [6, 6.07) is 84.0. The summed E-state index contributed by atoms with van der Waals surface area (Å²) in [6.07, 6.45) is 0. The molecule has 0 N–H and O–H groups in total. The maximum atomic E-state index is 2.56. The molecule has 2 aliphatic rings. The van der Waals surface area contributed by atoms with Gasteiger partial charge in [0.05, 0.1) is 5.41 Å². The Morgan fingerprint density at radius 2 is 0.935 bits per heavy atom. The summed E-state index contributed by atoms with van der Waals surface area (Å²) in [7, 11) is 0. The molecule has 2 heteroatoms. The van der Waals surface area contributed by atoms with Gasteiger partial charge in [-0.15, -0.1) is 11.3 Å². The molecule has 1 unspecified atom stereocenters. The molecule has 10 aromatic carbocycles. The van der Waals surface area contributed by atoms with Crippen LogP contribution in [0.4, 0.5) is 11.4 Å². The highest BCUT2D eigenvalue weighted by Gasteiger charge is 2.51. The van der Waals surface area contributed by atoms with Gasteiger partial charge in [-0.3, -0.25) is 0 Å². The molecule has 1 atom stereocenters. The van der Waals surface area contributed by atoms with Crippen molar-refractivity contribution < 1.29 is 0 Å². The van der Waals surface area contributed by atoms with Crippen molar-refractivity contribution in [3.8, 4) is 44.5 Å². The fourth-order valence-corrected chi connectivity index (χ4v) is 12.1. The number of hydrogen-bond acceptors (Lipinski definition) is 2. The zero-order chi connectivity index (χ0) is 40.8. The molecule has 0 bridgehead atoms. The van der Waals surface area contributed by atoms with Crippen LogP contribution in [0.5, 0.6) is 0 Å². The lowest BCUT2D eigenvalue weighted by Crippen LogP contribution is -2.33. The van der Waals surface area contributed by atoms with Gasteiger partial charge < -0.3 is 4.90 Å². The Balaban J connectivity index is 1.12. The van der Waals surface area contributed by atoms with Crippen LogP contribution in [-0.4, -0.2) is 0 Å². The topological polar surface area (TPSA) is 3.24 Å². The molecule has 0 fully saturated rings. The monoisotopic (exact) mass is 805 g/mol. The van der Waals surface area contributed by atoms with Crippen LogP contribution in [-0.2, 0) is 12.0 Å². The van der Waals surface area contributed by atoms with Gasteiger partial charge in [-0.1, -0.05) is 188 Å². The van der Waals surface area contributed by atoms with Crippen LogP contribution in [0.1, 0.15) is 27.8 Å². The Morgan fingerprint density at radius 3 is 1.73 bits per heavy atom. The zero-order valence-electron chi connectivity index (χ0n) is 33.9. The number of hydrogen-bond donors (Lipinski definition) is 0. The summed E-state index contributed by atoms with van der Waals surface area (Å²) in [4.78, 5) is 2.56. The molecule has 11 aromatic rings. The normalized spacial score (nSPS) is 14.6. The largest absolute Gasteiger partial charge is 0.337 e. The second kappa shape index (κ2) is 13.8. The molecule has 0 radical (unpaired) electrons. The van der Waals surface area contributed by atoms with Crippen LogP contribution in [0.15, 0.2) is 224 Å². The summed E-state index contributed by atoms with van der Waals surface area (Å²) in [5.41, 5.74) is 18.6. The van der Waals surface area contributed by atoms with E-state index in [4.69, 9.17) is 0 Å². The molecule has 0 saturated heterocycles. The Labute approximate surface area is 365 Å². The lowest BCUT2D eigenvalue weighted by molar-refractivity contribution is 0.774. The number of rotatable bonds is 6. The molecule has 290 valence electrons. The molecule has 1 aromatic heterocycles. The fraction of sp³-hybridized carbons (Fsp3) is 0.0333. The minimum Gasteiger partial charge on any atom is -0.337 e. The molecular weight excluding hydrogens is 767 g/mol. The van der Waals surface area contributed by atoms with E-state index in [0.29, 0.717) is 6.54 Å². The van der Waals surface area contributed by atoms with Gasteiger partial charge in [0.2, 0.25) is 0 Å². The second-order valence-corrected chi connectivity index (χ2v) is 17.8. The highest BCUT2D eigenvalue weighted by molar-refractivity contribution is 7.25. The van der Waals surface area contributed by atoms with Crippen molar-refractivity contribution in [3.63, 3.8) is 0 Å².